The summed E-state index contributed by atoms with van der Waals surface area (Å²) in [5.74, 6) is 0.112. The molecule has 2 aromatic rings. The predicted octanol–water partition coefficient (Wildman–Crippen LogP) is 3.87. The summed E-state index contributed by atoms with van der Waals surface area (Å²) in [5.41, 5.74) is 2.23. The van der Waals surface area contributed by atoms with E-state index in [1.165, 1.54) is 0 Å². The van der Waals surface area contributed by atoms with E-state index >= 15 is 0 Å². The van der Waals surface area contributed by atoms with Crippen molar-refractivity contribution in [3.05, 3.63) is 59.7 Å². The zero-order valence-electron chi connectivity index (χ0n) is 13.1. The first-order valence-corrected chi connectivity index (χ1v) is 7.25. The Morgan fingerprint density at radius 1 is 1.14 bits per heavy atom. The molecule has 0 aliphatic rings. The molecule has 0 atom stereocenters. The fraction of sp³-hybridized carbons (Fsp3) is 0.278. The largest absolute Gasteiger partial charge is 0.496 e. The van der Waals surface area contributed by atoms with Crippen molar-refractivity contribution in [3.63, 3.8) is 0 Å². The Bertz CT molecular complexity index is 623. The lowest BCUT2D eigenvalue weighted by Gasteiger charge is -2.14. The van der Waals surface area contributed by atoms with Crippen molar-refractivity contribution in [1.82, 2.24) is 0 Å². The molecule has 0 saturated heterocycles. The molecule has 116 valence electrons. The molecule has 0 radical (unpaired) electrons. The average molecular weight is 299 g/mol. The van der Waals surface area contributed by atoms with E-state index in [4.69, 9.17) is 9.47 Å². The van der Waals surface area contributed by atoms with Crippen molar-refractivity contribution in [2.24, 2.45) is 0 Å². The summed E-state index contributed by atoms with van der Waals surface area (Å²) in [7, 11) is 1.54. The summed E-state index contributed by atoms with van der Waals surface area (Å²) >= 11 is 0. The third-order valence-electron chi connectivity index (χ3n) is 3.09. The van der Waals surface area contributed by atoms with Gasteiger partial charge in [-0.2, -0.15) is 0 Å². The minimum absolute atomic E-state index is 0.241. The molecule has 1 N–H and O–H groups in total. The highest BCUT2D eigenvalue weighted by Gasteiger charge is 2.15. The standard InChI is InChI=1S/C18H21NO3/c1-13(2)19-15-9-10-17(21-3)16(11-15)18(20)22-12-14-7-5-4-6-8-14/h4-11,13,19H,12H2,1-3H3. The van der Waals surface area contributed by atoms with Crippen molar-refractivity contribution in [1.29, 1.82) is 0 Å². The van der Waals surface area contributed by atoms with Gasteiger partial charge in [-0.15, -0.1) is 0 Å². The van der Waals surface area contributed by atoms with Crippen LogP contribution in [0.4, 0.5) is 5.69 Å². The van der Waals surface area contributed by atoms with Crippen LogP contribution >= 0.6 is 0 Å². The maximum absolute atomic E-state index is 12.3. The van der Waals surface area contributed by atoms with Crippen LogP contribution < -0.4 is 10.1 Å². The summed E-state index contributed by atoms with van der Waals surface area (Å²) in [6.45, 7) is 4.32. The molecule has 0 aliphatic carbocycles. The topological polar surface area (TPSA) is 47.6 Å². The maximum Gasteiger partial charge on any atom is 0.342 e. The van der Waals surface area contributed by atoms with Crippen LogP contribution in [0.15, 0.2) is 48.5 Å². The quantitative estimate of drug-likeness (QED) is 0.823. The van der Waals surface area contributed by atoms with Gasteiger partial charge in [-0.05, 0) is 37.6 Å². The number of nitrogens with one attached hydrogen (secondary N) is 1. The van der Waals surface area contributed by atoms with Crippen LogP contribution in [0.2, 0.25) is 0 Å². The number of rotatable bonds is 6. The van der Waals surface area contributed by atoms with E-state index in [9.17, 15) is 4.79 Å². The van der Waals surface area contributed by atoms with Gasteiger partial charge in [0.1, 0.15) is 17.9 Å². The van der Waals surface area contributed by atoms with Gasteiger partial charge in [0.2, 0.25) is 0 Å². The van der Waals surface area contributed by atoms with E-state index in [2.05, 4.69) is 5.32 Å². The first-order chi connectivity index (χ1) is 10.6. The lowest BCUT2D eigenvalue weighted by molar-refractivity contribution is 0.0469. The summed E-state index contributed by atoms with van der Waals surface area (Å²) in [6.07, 6.45) is 0. The molecule has 2 rings (SSSR count). The van der Waals surface area contributed by atoms with Gasteiger partial charge in [0, 0.05) is 11.7 Å². The number of hydrogen-bond donors (Lipinski definition) is 1. The molecule has 0 spiro atoms. The summed E-state index contributed by atoms with van der Waals surface area (Å²) in [4.78, 5) is 12.3. The third kappa shape index (κ3) is 4.25. The summed E-state index contributed by atoms with van der Waals surface area (Å²) in [6, 6.07) is 15.3. The minimum atomic E-state index is -0.395. The van der Waals surface area contributed by atoms with Gasteiger partial charge in [-0.3, -0.25) is 0 Å². The highest BCUT2D eigenvalue weighted by atomic mass is 16.5. The summed E-state index contributed by atoms with van der Waals surface area (Å²) in [5, 5.41) is 3.26. The molecule has 4 heteroatoms. The van der Waals surface area contributed by atoms with Crippen LogP contribution in [0.5, 0.6) is 5.75 Å². The number of benzene rings is 2. The predicted molar refractivity (Wildman–Crippen MR) is 87.3 cm³/mol. The molecule has 0 bridgehead atoms. The molecule has 0 aromatic heterocycles. The minimum Gasteiger partial charge on any atom is -0.496 e. The second kappa shape index (κ2) is 7.50. The molecule has 0 amide bonds. The molecular formula is C18H21NO3. The highest BCUT2D eigenvalue weighted by molar-refractivity contribution is 5.93. The summed E-state index contributed by atoms with van der Waals surface area (Å²) < 4.78 is 10.6. The van der Waals surface area contributed by atoms with Gasteiger partial charge in [-0.1, -0.05) is 30.3 Å². The molecule has 0 unspecified atom stereocenters. The first kappa shape index (κ1) is 15.9. The Morgan fingerprint density at radius 3 is 2.50 bits per heavy atom. The van der Waals surface area contributed by atoms with Crippen LogP contribution in [0.3, 0.4) is 0 Å². The van der Waals surface area contributed by atoms with Crippen LogP contribution in [-0.4, -0.2) is 19.1 Å². The Morgan fingerprint density at radius 2 is 1.86 bits per heavy atom. The van der Waals surface area contributed by atoms with E-state index in [0.29, 0.717) is 11.3 Å². The average Bonchev–Trinajstić information content (AvgIpc) is 2.53. The van der Waals surface area contributed by atoms with Crippen LogP contribution in [0.25, 0.3) is 0 Å². The van der Waals surface area contributed by atoms with E-state index in [-0.39, 0.29) is 12.6 Å². The fourth-order valence-electron chi connectivity index (χ4n) is 2.09. The van der Waals surface area contributed by atoms with Gasteiger partial charge in [-0.25, -0.2) is 4.79 Å². The molecule has 0 saturated carbocycles. The smallest absolute Gasteiger partial charge is 0.342 e. The van der Waals surface area contributed by atoms with Crippen molar-refractivity contribution >= 4 is 11.7 Å². The second-order valence-electron chi connectivity index (χ2n) is 5.28. The monoisotopic (exact) mass is 299 g/mol. The van der Waals surface area contributed by atoms with E-state index < -0.39 is 5.97 Å². The fourth-order valence-corrected chi connectivity index (χ4v) is 2.09. The number of hydrogen-bond acceptors (Lipinski definition) is 4. The number of methoxy groups -OCH3 is 1. The van der Waals surface area contributed by atoms with Crippen molar-refractivity contribution in [2.45, 2.75) is 26.5 Å². The Balaban J connectivity index is 2.13. The molecule has 0 fully saturated rings. The van der Waals surface area contributed by atoms with Crippen molar-refractivity contribution < 1.29 is 14.3 Å². The molecule has 4 nitrogen and oxygen atoms in total. The van der Waals surface area contributed by atoms with Crippen LogP contribution in [-0.2, 0) is 11.3 Å². The highest BCUT2D eigenvalue weighted by Crippen LogP contribution is 2.24. The Labute approximate surface area is 131 Å². The zero-order valence-corrected chi connectivity index (χ0v) is 13.1. The van der Waals surface area contributed by atoms with Crippen molar-refractivity contribution in [2.75, 3.05) is 12.4 Å². The number of carbonyl (C=O) groups is 1. The normalized spacial score (nSPS) is 10.4. The Hall–Kier alpha value is -2.49. The SMILES string of the molecule is COc1ccc(NC(C)C)cc1C(=O)OCc1ccccc1. The van der Waals surface area contributed by atoms with Gasteiger partial charge in [0.25, 0.3) is 0 Å². The number of anilines is 1. The Kier molecular flexibility index (Phi) is 5.42. The van der Waals surface area contributed by atoms with Crippen LogP contribution in [0, 0.1) is 0 Å². The van der Waals surface area contributed by atoms with Gasteiger partial charge in [0.15, 0.2) is 0 Å². The molecular weight excluding hydrogens is 278 g/mol. The lowest BCUT2D eigenvalue weighted by atomic mass is 10.1. The first-order valence-electron chi connectivity index (χ1n) is 7.25. The molecule has 2 aromatic carbocycles. The number of carbonyl (C=O) groups excluding carboxylic acids is 1. The molecule has 0 aliphatic heterocycles. The zero-order chi connectivity index (χ0) is 15.9. The lowest BCUT2D eigenvalue weighted by Crippen LogP contribution is -2.12. The van der Waals surface area contributed by atoms with Crippen LogP contribution in [0.1, 0.15) is 29.8 Å². The molecule has 0 heterocycles. The van der Waals surface area contributed by atoms with Gasteiger partial charge < -0.3 is 14.8 Å². The van der Waals surface area contributed by atoms with Gasteiger partial charge in [0.05, 0.1) is 7.11 Å². The maximum atomic E-state index is 12.3. The van der Waals surface area contributed by atoms with Gasteiger partial charge >= 0.3 is 5.97 Å². The molecule has 22 heavy (non-hydrogen) atoms. The van der Waals surface area contributed by atoms with E-state index in [1.807, 2.05) is 50.2 Å². The third-order valence-corrected chi connectivity index (χ3v) is 3.09. The van der Waals surface area contributed by atoms with E-state index in [0.717, 1.165) is 11.3 Å². The van der Waals surface area contributed by atoms with E-state index in [1.54, 1.807) is 19.2 Å². The number of esters is 1. The second-order valence-corrected chi connectivity index (χ2v) is 5.28. The number of ether oxygens (including phenoxy) is 2. The van der Waals surface area contributed by atoms with Crippen molar-refractivity contribution in [3.8, 4) is 5.75 Å².